The number of nitrogens with two attached hydrogens (primary N) is 1. The van der Waals surface area contributed by atoms with Crippen LogP contribution in [-0.2, 0) is 19.6 Å². The summed E-state index contributed by atoms with van der Waals surface area (Å²) in [5.74, 6) is -1.61. The van der Waals surface area contributed by atoms with Crippen molar-refractivity contribution in [2.75, 3.05) is 10.8 Å². The summed E-state index contributed by atoms with van der Waals surface area (Å²) in [5.41, 5.74) is 5.60. The van der Waals surface area contributed by atoms with Crippen molar-refractivity contribution >= 4 is 27.6 Å². The van der Waals surface area contributed by atoms with E-state index in [1.807, 2.05) is 0 Å². The Kier molecular flexibility index (Phi) is 5.99. The van der Waals surface area contributed by atoms with Crippen LogP contribution in [0.5, 0.6) is 0 Å². The maximum Gasteiger partial charge on any atom is 0.338 e. The van der Waals surface area contributed by atoms with Crippen molar-refractivity contribution in [3.05, 3.63) is 60.2 Å². The van der Waals surface area contributed by atoms with Gasteiger partial charge in [-0.2, -0.15) is 0 Å². The van der Waals surface area contributed by atoms with Crippen LogP contribution in [-0.4, -0.2) is 32.9 Å². The molecule has 2 N–H and O–H groups in total. The first-order valence-electron chi connectivity index (χ1n) is 7.95. The number of rotatable bonds is 7. The topological polar surface area (TPSA) is 107 Å². The van der Waals surface area contributed by atoms with Crippen molar-refractivity contribution in [3.63, 3.8) is 0 Å². The van der Waals surface area contributed by atoms with Crippen LogP contribution in [0, 0.1) is 0 Å². The van der Waals surface area contributed by atoms with Crippen molar-refractivity contribution in [2.24, 2.45) is 5.73 Å². The van der Waals surface area contributed by atoms with Crippen LogP contribution < -0.4 is 10.0 Å². The number of hydrogen-bond donors (Lipinski definition) is 1. The Morgan fingerprint density at radius 2 is 1.77 bits per heavy atom. The molecule has 0 spiro atoms. The lowest BCUT2D eigenvalue weighted by Crippen LogP contribution is -2.31. The van der Waals surface area contributed by atoms with Crippen LogP contribution in [0.15, 0.2) is 59.5 Å². The molecule has 26 heavy (non-hydrogen) atoms. The molecule has 8 heteroatoms. The highest BCUT2D eigenvalue weighted by Gasteiger charge is 2.25. The molecule has 2 aromatic rings. The smallest absolute Gasteiger partial charge is 0.338 e. The number of nitrogens with zero attached hydrogens (tertiary/aromatic N) is 1. The number of esters is 1. The van der Waals surface area contributed by atoms with E-state index in [9.17, 15) is 18.0 Å². The molecule has 0 heterocycles. The quantitative estimate of drug-likeness (QED) is 0.743. The first-order valence-corrected chi connectivity index (χ1v) is 9.39. The van der Waals surface area contributed by atoms with Gasteiger partial charge in [0.1, 0.15) is 0 Å². The highest BCUT2D eigenvalue weighted by atomic mass is 32.2. The number of para-hydroxylation sites is 1. The van der Waals surface area contributed by atoms with Crippen LogP contribution in [0.3, 0.4) is 0 Å². The van der Waals surface area contributed by atoms with Gasteiger partial charge < -0.3 is 10.5 Å². The highest BCUT2D eigenvalue weighted by Crippen LogP contribution is 2.24. The summed E-state index contributed by atoms with van der Waals surface area (Å²) in [6.45, 7) is 3.28. The second kappa shape index (κ2) is 8.01. The molecule has 2 aromatic carbocycles. The van der Waals surface area contributed by atoms with Gasteiger partial charge in [-0.1, -0.05) is 24.3 Å². The van der Waals surface area contributed by atoms with Gasteiger partial charge in [-0.15, -0.1) is 0 Å². The molecule has 0 aliphatic carbocycles. The normalized spacial score (nSPS) is 12.2. The summed E-state index contributed by atoms with van der Waals surface area (Å²) in [5, 5.41) is 0. The molecule has 1 atom stereocenters. The van der Waals surface area contributed by atoms with E-state index < -0.39 is 28.0 Å². The van der Waals surface area contributed by atoms with Gasteiger partial charge in [0.25, 0.3) is 15.9 Å². The molecule has 0 fully saturated rings. The number of anilines is 1. The molecular weight excluding hydrogens is 356 g/mol. The summed E-state index contributed by atoms with van der Waals surface area (Å²) in [7, 11) is -3.87. The lowest BCUT2D eigenvalue weighted by molar-refractivity contribution is -0.125. The largest absolute Gasteiger partial charge is 0.449 e. The Morgan fingerprint density at radius 1 is 1.12 bits per heavy atom. The molecule has 0 aromatic heterocycles. The molecule has 0 bridgehead atoms. The van der Waals surface area contributed by atoms with Crippen molar-refractivity contribution in [3.8, 4) is 0 Å². The first-order chi connectivity index (χ1) is 12.3. The molecule has 0 radical (unpaired) electrons. The van der Waals surface area contributed by atoms with Crippen LogP contribution in [0.1, 0.15) is 24.2 Å². The van der Waals surface area contributed by atoms with Crippen LogP contribution in [0.2, 0.25) is 0 Å². The zero-order valence-electron chi connectivity index (χ0n) is 14.5. The Balaban J connectivity index is 2.36. The zero-order chi connectivity index (χ0) is 19.3. The second-order valence-corrected chi connectivity index (χ2v) is 7.35. The van der Waals surface area contributed by atoms with E-state index in [4.69, 9.17) is 10.5 Å². The third-order valence-electron chi connectivity index (χ3n) is 3.67. The van der Waals surface area contributed by atoms with E-state index in [1.54, 1.807) is 37.3 Å². The monoisotopic (exact) mass is 376 g/mol. The molecule has 1 amide bonds. The van der Waals surface area contributed by atoms with E-state index in [2.05, 4.69) is 0 Å². The molecule has 0 unspecified atom stereocenters. The van der Waals surface area contributed by atoms with Crippen LogP contribution >= 0.6 is 0 Å². The number of carbonyl (C=O) groups is 2. The SMILES string of the molecule is CCN(c1ccccc1)S(=O)(=O)c1cccc(C(=O)O[C@@H](C)C(N)=O)c1. The summed E-state index contributed by atoms with van der Waals surface area (Å²) in [6.07, 6.45) is -1.11. The Bertz CT molecular complexity index is 897. The van der Waals surface area contributed by atoms with Gasteiger partial charge in [-0.25, -0.2) is 13.2 Å². The zero-order valence-corrected chi connectivity index (χ0v) is 15.3. The average molecular weight is 376 g/mol. The van der Waals surface area contributed by atoms with E-state index in [1.165, 1.54) is 35.5 Å². The average Bonchev–Trinajstić information content (AvgIpc) is 2.63. The lowest BCUT2D eigenvalue weighted by atomic mass is 10.2. The van der Waals surface area contributed by atoms with Crippen LogP contribution in [0.25, 0.3) is 0 Å². The highest BCUT2D eigenvalue weighted by molar-refractivity contribution is 7.92. The maximum absolute atomic E-state index is 13.0. The van der Waals surface area contributed by atoms with E-state index in [0.29, 0.717) is 5.69 Å². The molecule has 2 rings (SSSR count). The number of hydrogen-bond acceptors (Lipinski definition) is 5. The summed E-state index contributed by atoms with van der Waals surface area (Å²) >= 11 is 0. The molecule has 0 aliphatic rings. The number of carbonyl (C=O) groups excluding carboxylic acids is 2. The van der Waals surface area contributed by atoms with E-state index >= 15 is 0 Å². The van der Waals surface area contributed by atoms with Gasteiger partial charge in [0, 0.05) is 6.54 Å². The van der Waals surface area contributed by atoms with Crippen molar-refractivity contribution < 1.29 is 22.7 Å². The lowest BCUT2D eigenvalue weighted by Gasteiger charge is -2.23. The first kappa shape index (κ1) is 19.5. The summed E-state index contributed by atoms with van der Waals surface area (Å²) < 4.78 is 32.1. The molecular formula is C18H20N2O5S. The van der Waals surface area contributed by atoms with Gasteiger partial charge in [0.2, 0.25) is 0 Å². The van der Waals surface area contributed by atoms with Crippen molar-refractivity contribution in [2.45, 2.75) is 24.8 Å². The Labute approximate surface area is 152 Å². The van der Waals surface area contributed by atoms with Crippen molar-refractivity contribution in [1.82, 2.24) is 0 Å². The fraction of sp³-hybridized carbons (Fsp3) is 0.222. The fourth-order valence-electron chi connectivity index (χ4n) is 2.28. The minimum atomic E-state index is -3.87. The fourth-order valence-corrected chi connectivity index (χ4v) is 3.80. The number of ether oxygens (including phenoxy) is 1. The molecule has 138 valence electrons. The standard InChI is InChI=1S/C18H20N2O5S/c1-3-20(15-9-5-4-6-10-15)26(23,24)16-11-7-8-14(12-16)18(22)25-13(2)17(19)21/h4-13H,3H2,1-2H3,(H2,19,21)/t13-/m0/s1. The third kappa shape index (κ3) is 4.20. The minimum absolute atomic E-state index is 0.0169. The number of amides is 1. The Morgan fingerprint density at radius 3 is 2.35 bits per heavy atom. The maximum atomic E-state index is 13.0. The molecule has 7 nitrogen and oxygen atoms in total. The predicted molar refractivity (Wildman–Crippen MR) is 97.2 cm³/mol. The number of primary amides is 1. The Hall–Kier alpha value is -2.87. The van der Waals surface area contributed by atoms with Gasteiger partial charge >= 0.3 is 5.97 Å². The number of sulfonamides is 1. The van der Waals surface area contributed by atoms with E-state index in [0.717, 1.165) is 0 Å². The second-order valence-electron chi connectivity index (χ2n) is 5.48. The number of benzene rings is 2. The summed E-state index contributed by atoms with van der Waals surface area (Å²) in [6, 6.07) is 14.1. The minimum Gasteiger partial charge on any atom is -0.449 e. The van der Waals surface area contributed by atoms with Crippen LogP contribution in [0.4, 0.5) is 5.69 Å². The summed E-state index contributed by atoms with van der Waals surface area (Å²) in [4.78, 5) is 23.1. The van der Waals surface area contributed by atoms with Gasteiger partial charge in [0.15, 0.2) is 6.10 Å². The molecule has 0 saturated carbocycles. The van der Waals surface area contributed by atoms with Gasteiger partial charge in [0.05, 0.1) is 16.1 Å². The molecule has 0 saturated heterocycles. The molecule has 0 aliphatic heterocycles. The van der Waals surface area contributed by atoms with Gasteiger partial charge in [-0.05, 0) is 44.2 Å². The predicted octanol–water partition coefficient (Wildman–Crippen LogP) is 1.93. The van der Waals surface area contributed by atoms with Crippen molar-refractivity contribution in [1.29, 1.82) is 0 Å². The third-order valence-corrected chi connectivity index (χ3v) is 5.57. The van der Waals surface area contributed by atoms with Gasteiger partial charge in [-0.3, -0.25) is 9.10 Å². The van der Waals surface area contributed by atoms with E-state index in [-0.39, 0.29) is 17.0 Å².